The van der Waals surface area contributed by atoms with E-state index in [2.05, 4.69) is 5.32 Å². The Kier molecular flexibility index (Phi) is 4.54. The Balaban J connectivity index is 3.30. The molecule has 0 radical (unpaired) electrons. The largest absolute Gasteiger partial charge is 0.377 e. The van der Waals surface area contributed by atoms with Crippen LogP contribution < -0.4 is 11.1 Å². The van der Waals surface area contributed by atoms with Crippen molar-refractivity contribution < 1.29 is 18.1 Å². The maximum absolute atomic E-state index is 10.1. The van der Waals surface area contributed by atoms with Crippen LogP contribution in [0.3, 0.4) is 0 Å². The van der Waals surface area contributed by atoms with E-state index in [1.807, 2.05) is 0 Å². The minimum Gasteiger partial charge on any atom is -0.377 e. The van der Waals surface area contributed by atoms with Crippen LogP contribution in [-0.4, -0.2) is 43.1 Å². The standard InChI is InChI=1S/C4H12N2O4S/c5-4(7)3-6-1-2-11(8,9)10/h4,6-7H,1-3,5H2,(H,8,9,10). The maximum Gasteiger partial charge on any atom is 0.266 e. The smallest absolute Gasteiger partial charge is 0.266 e. The summed E-state index contributed by atoms with van der Waals surface area (Å²) in [6.45, 7) is 0.183. The van der Waals surface area contributed by atoms with Crippen molar-refractivity contribution in [3.63, 3.8) is 0 Å². The predicted molar refractivity (Wildman–Crippen MR) is 39.5 cm³/mol. The molecule has 0 bridgehead atoms. The highest BCUT2D eigenvalue weighted by Crippen LogP contribution is 1.78. The third-order valence-electron chi connectivity index (χ3n) is 0.890. The number of hydrogen-bond donors (Lipinski definition) is 4. The summed E-state index contributed by atoms with van der Waals surface area (Å²) in [7, 11) is -3.91. The number of hydrogen-bond acceptors (Lipinski definition) is 5. The van der Waals surface area contributed by atoms with Gasteiger partial charge in [0.2, 0.25) is 0 Å². The van der Waals surface area contributed by atoms with Gasteiger partial charge in [0, 0.05) is 13.1 Å². The van der Waals surface area contributed by atoms with Crippen molar-refractivity contribution in [2.45, 2.75) is 6.23 Å². The second kappa shape index (κ2) is 4.62. The Morgan fingerprint density at radius 1 is 1.55 bits per heavy atom. The van der Waals surface area contributed by atoms with Crippen LogP contribution >= 0.6 is 0 Å². The van der Waals surface area contributed by atoms with Crippen LogP contribution in [0.5, 0.6) is 0 Å². The summed E-state index contributed by atoms with van der Waals surface area (Å²) in [4.78, 5) is 0. The van der Waals surface area contributed by atoms with E-state index < -0.39 is 16.3 Å². The maximum atomic E-state index is 10.1. The molecule has 0 aromatic rings. The molecule has 0 aromatic heterocycles. The summed E-state index contributed by atoms with van der Waals surface area (Å²) in [6, 6.07) is 0. The Morgan fingerprint density at radius 2 is 2.09 bits per heavy atom. The quantitative estimate of drug-likeness (QED) is 0.218. The van der Waals surface area contributed by atoms with Crippen molar-refractivity contribution in [2.24, 2.45) is 5.73 Å². The number of aliphatic hydroxyl groups excluding tert-OH is 1. The fraction of sp³-hybridized carbons (Fsp3) is 1.00. The van der Waals surface area contributed by atoms with Crippen molar-refractivity contribution in [3.8, 4) is 0 Å². The second-order valence-corrected chi connectivity index (χ2v) is 3.63. The molecule has 0 saturated carbocycles. The van der Waals surface area contributed by atoms with Crippen LogP contribution in [0.15, 0.2) is 0 Å². The van der Waals surface area contributed by atoms with Crippen molar-refractivity contribution in [3.05, 3.63) is 0 Å². The SMILES string of the molecule is NC(O)CNCCS(=O)(=O)O. The monoisotopic (exact) mass is 184 g/mol. The molecule has 7 heteroatoms. The van der Waals surface area contributed by atoms with Gasteiger partial charge in [-0.15, -0.1) is 0 Å². The minimum absolute atomic E-state index is 0.0765. The highest BCUT2D eigenvalue weighted by molar-refractivity contribution is 7.85. The normalized spacial score (nSPS) is 14.8. The Bertz CT molecular complexity index is 188. The molecule has 0 aromatic carbocycles. The summed E-state index contributed by atoms with van der Waals surface area (Å²) in [5.74, 6) is -0.375. The fourth-order valence-electron chi connectivity index (χ4n) is 0.451. The first kappa shape index (κ1) is 10.8. The number of nitrogens with one attached hydrogen (secondary N) is 1. The van der Waals surface area contributed by atoms with Crippen molar-refractivity contribution in [1.29, 1.82) is 0 Å². The highest BCUT2D eigenvalue weighted by atomic mass is 32.2. The van der Waals surface area contributed by atoms with E-state index in [1.165, 1.54) is 0 Å². The summed E-state index contributed by atoms with van der Waals surface area (Å²) < 4.78 is 28.4. The van der Waals surface area contributed by atoms with Gasteiger partial charge < -0.3 is 16.2 Å². The first-order valence-electron chi connectivity index (χ1n) is 3.01. The van der Waals surface area contributed by atoms with Gasteiger partial charge in [0.1, 0.15) is 6.23 Å². The van der Waals surface area contributed by atoms with Gasteiger partial charge in [-0.3, -0.25) is 4.55 Å². The lowest BCUT2D eigenvalue weighted by molar-refractivity contribution is 0.180. The fourth-order valence-corrected chi connectivity index (χ4v) is 0.853. The van der Waals surface area contributed by atoms with Crippen molar-refractivity contribution in [2.75, 3.05) is 18.8 Å². The van der Waals surface area contributed by atoms with Crippen LogP contribution in [0, 0.1) is 0 Å². The lowest BCUT2D eigenvalue weighted by Gasteiger charge is -2.04. The number of aliphatic hydroxyl groups is 1. The zero-order chi connectivity index (χ0) is 8.91. The summed E-state index contributed by atoms with van der Waals surface area (Å²) in [5.41, 5.74) is 4.92. The van der Waals surface area contributed by atoms with E-state index in [9.17, 15) is 8.42 Å². The van der Waals surface area contributed by atoms with E-state index in [1.54, 1.807) is 0 Å². The average Bonchev–Trinajstić information content (AvgIpc) is 1.78. The molecule has 5 N–H and O–H groups in total. The first-order chi connectivity index (χ1) is 4.92. The van der Waals surface area contributed by atoms with Crippen LogP contribution in [0.4, 0.5) is 0 Å². The molecule has 0 aliphatic rings. The molecule has 0 aliphatic carbocycles. The van der Waals surface area contributed by atoms with Gasteiger partial charge >= 0.3 is 0 Å². The molecule has 0 fully saturated rings. The van der Waals surface area contributed by atoms with E-state index in [0.29, 0.717) is 0 Å². The molecule has 68 valence electrons. The molecular weight excluding hydrogens is 172 g/mol. The third kappa shape index (κ3) is 9.79. The number of rotatable bonds is 5. The lowest BCUT2D eigenvalue weighted by Crippen LogP contribution is -2.35. The van der Waals surface area contributed by atoms with Crippen molar-refractivity contribution >= 4 is 10.1 Å². The lowest BCUT2D eigenvalue weighted by atomic mass is 10.5. The topological polar surface area (TPSA) is 113 Å². The van der Waals surface area contributed by atoms with E-state index in [4.69, 9.17) is 15.4 Å². The molecule has 1 atom stereocenters. The van der Waals surface area contributed by atoms with E-state index in [0.717, 1.165) is 0 Å². The highest BCUT2D eigenvalue weighted by Gasteiger charge is 2.03. The van der Waals surface area contributed by atoms with Gasteiger partial charge in [-0.05, 0) is 0 Å². The predicted octanol–water partition coefficient (Wildman–Crippen LogP) is -2.26. The van der Waals surface area contributed by atoms with Crippen LogP contribution in [0.2, 0.25) is 0 Å². The van der Waals surface area contributed by atoms with Gasteiger partial charge in [-0.1, -0.05) is 0 Å². The molecule has 0 amide bonds. The Morgan fingerprint density at radius 3 is 2.45 bits per heavy atom. The Hall–Kier alpha value is -0.210. The van der Waals surface area contributed by atoms with Crippen molar-refractivity contribution in [1.82, 2.24) is 5.32 Å². The van der Waals surface area contributed by atoms with Crippen LogP contribution in [0.1, 0.15) is 0 Å². The van der Waals surface area contributed by atoms with Gasteiger partial charge in [0.15, 0.2) is 0 Å². The van der Waals surface area contributed by atoms with Gasteiger partial charge in [0.25, 0.3) is 10.1 Å². The van der Waals surface area contributed by atoms with E-state index >= 15 is 0 Å². The zero-order valence-electron chi connectivity index (χ0n) is 5.90. The number of nitrogens with two attached hydrogens (primary N) is 1. The Labute approximate surface area is 65.1 Å². The average molecular weight is 184 g/mol. The molecular formula is C4H12N2O4S. The van der Waals surface area contributed by atoms with E-state index in [-0.39, 0.29) is 18.8 Å². The molecule has 1 unspecified atom stereocenters. The summed E-state index contributed by atoms with van der Waals surface area (Å²) >= 11 is 0. The molecule has 0 saturated heterocycles. The second-order valence-electron chi connectivity index (χ2n) is 2.06. The van der Waals surface area contributed by atoms with Crippen LogP contribution in [0.25, 0.3) is 0 Å². The van der Waals surface area contributed by atoms with Gasteiger partial charge in [-0.25, -0.2) is 0 Å². The molecule has 0 aliphatic heterocycles. The zero-order valence-corrected chi connectivity index (χ0v) is 6.71. The molecule has 0 heterocycles. The first-order valence-corrected chi connectivity index (χ1v) is 4.62. The molecule has 11 heavy (non-hydrogen) atoms. The summed E-state index contributed by atoms with van der Waals surface area (Å²) in [6.07, 6.45) is -1.00. The minimum atomic E-state index is -3.91. The summed E-state index contributed by atoms with van der Waals surface area (Å²) in [5, 5.41) is 11.0. The molecule has 0 spiro atoms. The van der Waals surface area contributed by atoms with Gasteiger partial charge in [-0.2, -0.15) is 8.42 Å². The van der Waals surface area contributed by atoms with Crippen LogP contribution in [-0.2, 0) is 10.1 Å². The van der Waals surface area contributed by atoms with Gasteiger partial charge in [0.05, 0.1) is 5.75 Å². The molecule has 0 rings (SSSR count). The molecule has 6 nitrogen and oxygen atoms in total. The third-order valence-corrected chi connectivity index (χ3v) is 1.61.